The predicted octanol–water partition coefficient (Wildman–Crippen LogP) is 2.24. The number of methoxy groups -OCH3 is 2. The summed E-state index contributed by atoms with van der Waals surface area (Å²) in [6.07, 6.45) is 1.62. The summed E-state index contributed by atoms with van der Waals surface area (Å²) in [5.74, 6) is 0.584. The van der Waals surface area contributed by atoms with Crippen molar-refractivity contribution >= 4 is 5.97 Å². The summed E-state index contributed by atoms with van der Waals surface area (Å²) < 4.78 is 11.0. The van der Waals surface area contributed by atoms with E-state index in [1.165, 1.54) is 0 Å². The monoisotopic (exact) mass is 350 g/mol. The first-order chi connectivity index (χ1) is 11.9. The minimum atomic E-state index is -0.706. The van der Waals surface area contributed by atoms with Gasteiger partial charge in [0, 0.05) is 36.8 Å². The first-order valence-corrected chi connectivity index (χ1v) is 8.69. The number of carbonyl (C=O) groups is 1. The molecule has 2 rings (SSSR count). The predicted molar refractivity (Wildman–Crippen MR) is 97.4 cm³/mol. The summed E-state index contributed by atoms with van der Waals surface area (Å²) in [7, 11) is 7.43. The number of ether oxygens (including phenoxy) is 2. The molecule has 1 aliphatic rings. The Kier molecular flexibility index (Phi) is 6.67. The molecule has 1 aromatic rings. The molecule has 6 heteroatoms. The van der Waals surface area contributed by atoms with E-state index in [9.17, 15) is 9.90 Å². The van der Waals surface area contributed by atoms with E-state index in [0.717, 1.165) is 35.6 Å². The van der Waals surface area contributed by atoms with Crippen LogP contribution in [0.5, 0.6) is 11.5 Å². The van der Waals surface area contributed by atoms with Crippen molar-refractivity contribution in [2.24, 2.45) is 5.92 Å². The van der Waals surface area contributed by atoms with Crippen LogP contribution in [0.1, 0.15) is 24.0 Å². The Morgan fingerprint density at radius 3 is 2.52 bits per heavy atom. The molecule has 140 valence electrons. The second-order valence-electron chi connectivity index (χ2n) is 7.01. The minimum absolute atomic E-state index is 0.324. The maximum absolute atomic E-state index is 11.6. The molecule has 0 bridgehead atoms. The first-order valence-electron chi connectivity index (χ1n) is 8.69. The van der Waals surface area contributed by atoms with Crippen LogP contribution in [-0.2, 0) is 11.3 Å². The molecular formula is C19H30N2O4. The quantitative estimate of drug-likeness (QED) is 0.849. The van der Waals surface area contributed by atoms with Gasteiger partial charge in [-0.3, -0.25) is 9.69 Å². The molecule has 25 heavy (non-hydrogen) atoms. The molecule has 1 fully saturated rings. The second kappa shape index (κ2) is 8.54. The first kappa shape index (κ1) is 19.5. The Bertz CT molecular complexity index is 603. The number of carboxylic acids is 1. The SMILES string of the molecule is COc1ccc(CN2C[C@@H](C(=O)O)CC[C@@H](N(C)C)C2)c(OC)c1C. The lowest BCUT2D eigenvalue weighted by Crippen LogP contribution is -2.39. The van der Waals surface area contributed by atoms with Gasteiger partial charge in [0.25, 0.3) is 0 Å². The lowest BCUT2D eigenvalue weighted by molar-refractivity contribution is -0.142. The molecule has 2 atom stereocenters. The summed E-state index contributed by atoms with van der Waals surface area (Å²) >= 11 is 0. The Labute approximate surface area is 150 Å². The van der Waals surface area contributed by atoms with Crippen molar-refractivity contribution in [1.82, 2.24) is 9.80 Å². The molecule has 0 spiro atoms. The van der Waals surface area contributed by atoms with Gasteiger partial charge in [-0.15, -0.1) is 0 Å². The lowest BCUT2D eigenvalue weighted by atomic mass is 10.0. The molecule has 6 nitrogen and oxygen atoms in total. The van der Waals surface area contributed by atoms with Crippen LogP contribution in [0.2, 0.25) is 0 Å². The topological polar surface area (TPSA) is 62.2 Å². The van der Waals surface area contributed by atoms with Crippen LogP contribution in [0.4, 0.5) is 0 Å². The fraction of sp³-hybridized carbons (Fsp3) is 0.632. The van der Waals surface area contributed by atoms with E-state index in [0.29, 0.717) is 25.6 Å². The van der Waals surface area contributed by atoms with E-state index in [2.05, 4.69) is 23.9 Å². The van der Waals surface area contributed by atoms with Gasteiger partial charge in [0.2, 0.25) is 0 Å². The van der Waals surface area contributed by atoms with Gasteiger partial charge < -0.3 is 19.5 Å². The molecule has 0 unspecified atom stereocenters. The van der Waals surface area contributed by atoms with Crippen LogP contribution in [-0.4, -0.2) is 68.3 Å². The van der Waals surface area contributed by atoms with Crippen LogP contribution in [0, 0.1) is 12.8 Å². The lowest BCUT2D eigenvalue weighted by Gasteiger charge is -2.29. The van der Waals surface area contributed by atoms with Crippen LogP contribution in [0.15, 0.2) is 12.1 Å². The molecule has 1 saturated heterocycles. The van der Waals surface area contributed by atoms with Gasteiger partial charge in [0.15, 0.2) is 0 Å². The normalized spacial score (nSPS) is 21.8. The molecule has 0 aromatic heterocycles. The zero-order chi connectivity index (χ0) is 18.6. The van der Waals surface area contributed by atoms with Gasteiger partial charge in [0.05, 0.1) is 20.1 Å². The molecule has 1 heterocycles. The molecular weight excluding hydrogens is 320 g/mol. The van der Waals surface area contributed by atoms with E-state index in [-0.39, 0.29) is 5.92 Å². The average molecular weight is 350 g/mol. The number of likely N-dealkylation sites (N-methyl/N-ethyl adjacent to an activating group) is 1. The fourth-order valence-electron chi connectivity index (χ4n) is 3.61. The van der Waals surface area contributed by atoms with Crippen molar-refractivity contribution in [2.75, 3.05) is 41.4 Å². The number of carboxylic acid groups (broad SMARTS) is 1. The second-order valence-corrected chi connectivity index (χ2v) is 7.01. The van der Waals surface area contributed by atoms with E-state index >= 15 is 0 Å². The Morgan fingerprint density at radius 1 is 1.24 bits per heavy atom. The number of hydrogen-bond acceptors (Lipinski definition) is 5. The molecule has 1 aromatic carbocycles. The maximum atomic E-state index is 11.6. The van der Waals surface area contributed by atoms with E-state index in [1.54, 1.807) is 14.2 Å². The zero-order valence-electron chi connectivity index (χ0n) is 15.9. The van der Waals surface area contributed by atoms with Crippen LogP contribution in [0.25, 0.3) is 0 Å². The Hall–Kier alpha value is -1.79. The highest BCUT2D eigenvalue weighted by molar-refractivity contribution is 5.70. The van der Waals surface area contributed by atoms with Crippen LogP contribution in [0.3, 0.4) is 0 Å². The molecule has 0 saturated carbocycles. The molecule has 0 aliphatic carbocycles. The third-order valence-corrected chi connectivity index (χ3v) is 5.13. The summed E-state index contributed by atoms with van der Waals surface area (Å²) in [5.41, 5.74) is 2.03. The van der Waals surface area contributed by atoms with Gasteiger partial charge in [0.1, 0.15) is 11.5 Å². The number of hydrogen-bond donors (Lipinski definition) is 1. The van der Waals surface area contributed by atoms with Gasteiger partial charge >= 0.3 is 5.97 Å². The third kappa shape index (κ3) is 4.64. The number of rotatable bonds is 6. The largest absolute Gasteiger partial charge is 0.496 e. The fourth-order valence-corrected chi connectivity index (χ4v) is 3.61. The highest BCUT2D eigenvalue weighted by atomic mass is 16.5. The van der Waals surface area contributed by atoms with Gasteiger partial charge in [-0.1, -0.05) is 6.07 Å². The summed E-state index contributed by atoms with van der Waals surface area (Å²) in [5, 5.41) is 9.50. The Morgan fingerprint density at radius 2 is 1.96 bits per heavy atom. The van der Waals surface area contributed by atoms with Crippen LogP contribution >= 0.6 is 0 Å². The smallest absolute Gasteiger partial charge is 0.307 e. The third-order valence-electron chi connectivity index (χ3n) is 5.13. The number of likely N-dealkylation sites (tertiary alicyclic amines) is 1. The van der Waals surface area contributed by atoms with E-state index in [4.69, 9.17) is 9.47 Å². The number of benzene rings is 1. The van der Waals surface area contributed by atoms with Crippen molar-refractivity contribution in [3.05, 3.63) is 23.3 Å². The Balaban J connectivity index is 2.26. The standard InChI is InChI=1S/C19H30N2O4/c1-13-17(24-4)9-7-14(18(13)25-5)10-21-11-15(19(22)23)6-8-16(12-21)20(2)3/h7,9,15-16H,6,8,10-12H2,1-5H3,(H,22,23)/t15-,16+/m0/s1. The highest BCUT2D eigenvalue weighted by Gasteiger charge is 2.29. The van der Waals surface area contributed by atoms with Crippen molar-refractivity contribution in [1.29, 1.82) is 0 Å². The molecule has 0 radical (unpaired) electrons. The number of nitrogens with zero attached hydrogens (tertiary/aromatic N) is 2. The van der Waals surface area contributed by atoms with Gasteiger partial charge in [-0.05, 0) is 39.9 Å². The maximum Gasteiger partial charge on any atom is 0.307 e. The zero-order valence-corrected chi connectivity index (χ0v) is 15.9. The number of aliphatic carboxylic acids is 1. The van der Waals surface area contributed by atoms with Crippen molar-refractivity contribution in [2.45, 2.75) is 32.4 Å². The summed E-state index contributed by atoms with van der Waals surface area (Å²) in [6, 6.07) is 4.31. The molecule has 1 N–H and O–H groups in total. The highest BCUT2D eigenvalue weighted by Crippen LogP contribution is 2.32. The van der Waals surface area contributed by atoms with E-state index in [1.807, 2.05) is 19.1 Å². The molecule has 0 amide bonds. The van der Waals surface area contributed by atoms with E-state index < -0.39 is 5.97 Å². The summed E-state index contributed by atoms with van der Waals surface area (Å²) in [4.78, 5) is 16.0. The van der Waals surface area contributed by atoms with Crippen molar-refractivity contribution in [3.8, 4) is 11.5 Å². The van der Waals surface area contributed by atoms with Crippen LogP contribution < -0.4 is 9.47 Å². The van der Waals surface area contributed by atoms with Gasteiger partial charge in [-0.2, -0.15) is 0 Å². The average Bonchev–Trinajstić information content (AvgIpc) is 2.78. The molecule has 1 aliphatic heterocycles. The summed E-state index contributed by atoms with van der Waals surface area (Å²) in [6.45, 7) is 4.06. The van der Waals surface area contributed by atoms with Gasteiger partial charge in [-0.25, -0.2) is 0 Å². The minimum Gasteiger partial charge on any atom is -0.496 e. The van der Waals surface area contributed by atoms with Crippen molar-refractivity contribution in [3.63, 3.8) is 0 Å². The van der Waals surface area contributed by atoms with Crippen molar-refractivity contribution < 1.29 is 19.4 Å².